The molecule has 0 atom stereocenters. The second-order valence-electron chi connectivity index (χ2n) is 5.45. The van der Waals surface area contributed by atoms with Gasteiger partial charge >= 0.3 is 0 Å². The predicted octanol–water partition coefficient (Wildman–Crippen LogP) is 2.75. The summed E-state index contributed by atoms with van der Waals surface area (Å²) in [5, 5.41) is 11.5. The fraction of sp³-hybridized carbons (Fsp3) is 0.158. The third-order valence-electron chi connectivity index (χ3n) is 3.52. The zero-order valence-electron chi connectivity index (χ0n) is 13.9. The van der Waals surface area contributed by atoms with E-state index in [-0.39, 0.29) is 18.2 Å². The Bertz CT molecular complexity index is 868. The molecule has 0 heterocycles. The number of hydrogen-bond acceptors (Lipinski definition) is 4. The smallest absolute Gasteiger partial charge is 0.244 e. The van der Waals surface area contributed by atoms with E-state index in [9.17, 15) is 14.4 Å². The van der Waals surface area contributed by atoms with Crippen LogP contribution in [0.15, 0.2) is 48.5 Å². The molecule has 2 aromatic rings. The number of benzene rings is 2. The van der Waals surface area contributed by atoms with Gasteiger partial charge in [-0.3, -0.25) is 14.4 Å². The molecule has 2 amide bonds. The Morgan fingerprint density at radius 3 is 2.44 bits per heavy atom. The summed E-state index contributed by atoms with van der Waals surface area (Å²) in [6.07, 6.45) is 0. The van der Waals surface area contributed by atoms with E-state index in [2.05, 4.69) is 5.32 Å². The Morgan fingerprint density at radius 1 is 1.08 bits per heavy atom. The zero-order valence-corrected chi connectivity index (χ0v) is 13.9. The minimum atomic E-state index is -0.404. The maximum absolute atomic E-state index is 12.3. The number of nitrogens with zero attached hydrogens (tertiary/aromatic N) is 2. The van der Waals surface area contributed by atoms with Crippen molar-refractivity contribution >= 4 is 29.0 Å². The number of nitrogens with one attached hydrogen (secondary N) is 1. The molecule has 25 heavy (non-hydrogen) atoms. The number of carbonyl (C=O) groups is 3. The first-order valence-corrected chi connectivity index (χ1v) is 7.60. The highest BCUT2D eigenvalue weighted by atomic mass is 16.2. The van der Waals surface area contributed by atoms with Crippen LogP contribution in [0, 0.1) is 11.3 Å². The second-order valence-corrected chi connectivity index (χ2v) is 5.45. The van der Waals surface area contributed by atoms with Gasteiger partial charge in [-0.15, -0.1) is 0 Å². The van der Waals surface area contributed by atoms with Crippen molar-refractivity contribution in [2.24, 2.45) is 0 Å². The molecule has 0 saturated heterocycles. The van der Waals surface area contributed by atoms with Crippen molar-refractivity contribution in [1.82, 2.24) is 0 Å². The minimum absolute atomic E-state index is 0.122. The fourth-order valence-corrected chi connectivity index (χ4v) is 2.29. The molecule has 0 saturated carbocycles. The van der Waals surface area contributed by atoms with Gasteiger partial charge in [-0.2, -0.15) is 5.26 Å². The molecule has 0 aliphatic carbocycles. The average molecular weight is 335 g/mol. The minimum Gasteiger partial charge on any atom is -0.324 e. The molecule has 0 radical (unpaired) electrons. The molecule has 2 aromatic carbocycles. The van der Waals surface area contributed by atoms with Gasteiger partial charge in [-0.25, -0.2) is 0 Å². The van der Waals surface area contributed by atoms with Crippen LogP contribution in [0.4, 0.5) is 11.4 Å². The number of ketones is 1. The topological polar surface area (TPSA) is 90.3 Å². The molecule has 1 N–H and O–H groups in total. The number of amides is 2. The number of hydrogen-bond donors (Lipinski definition) is 1. The second kappa shape index (κ2) is 7.88. The number of rotatable bonds is 5. The number of anilines is 2. The number of nitriles is 1. The monoisotopic (exact) mass is 335 g/mol. The molecular formula is C19H17N3O3. The maximum Gasteiger partial charge on any atom is 0.244 e. The van der Waals surface area contributed by atoms with E-state index in [4.69, 9.17) is 5.26 Å². The van der Waals surface area contributed by atoms with Crippen molar-refractivity contribution in [1.29, 1.82) is 5.26 Å². The summed E-state index contributed by atoms with van der Waals surface area (Å²) < 4.78 is 0. The Kier molecular flexibility index (Phi) is 5.64. The molecule has 0 unspecified atom stereocenters. The summed E-state index contributed by atoms with van der Waals surface area (Å²) >= 11 is 0. The highest BCUT2D eigenvalue weighted by Crippen LogP contribution is 2.17. The van der Waals surface area contributed by atoms with Crippen LogP contribution in [-0.4, -0.2) is 24.1 Å². The first-order chi connectivity index (χ1) is 11.9. The van der Waals surface area contributed by atoms with Crippen molar-refractivity contribution in [3.8, 4) is 6.07 Å². The molecule has 0 spiro atoms. The first-order valence-electron chi connectivity index (χ1n) is 7.60. The quantitative estimate of drug-likeness (QED) is 0.851. The van der Waals surface area contributed by atoms with Crippen molar-refractivity contribution in [2.75, 3.05) is 16.8 Å². The summed E-state index contributed by atoms with van der Waals surface area (Å²) in [7, 11) is 0. The molecule has 126 valence electrons. The SMILES string of the molecule is CC(=O)c1cccc(N(CC(=O)Nc2cccc(C#N)c2)C(C)=O)c1. The fourth-order valence-electron chi connectivity index (χ4n) is 2.29. The van der Waals surface area contributed by atoms with E-state index in [1.54, 1.807) is 48.5 Å². The standard InChI is InChI=1S/C19H17N3O3/c1-13(23)16-6-4-8-18(10-16)22(14(2)24)12-19(25)21-17-7-3-5-15(9-17)11-20/h3-10H,12H2,1-2H3,(H,21,25). The Labute approximate surface area is 145 Å². The van der Waals surface area contributed by atoms with Crippen LogP contribution in [0.1, 0.15) is 29.8 Å². The Hall–Kier alpha value is -3.46. The lowest BCUT2D eigenvalue weighted by molar-refractivity contribution is -0.120. The van der Waals surface area contributed by atoms with Gasteiger partial charge in [0, 0.05) is 23.9 Å². The molecule has 0 fully saturated rings. The number of carbonyl (C=O) groups excluding carboxylic acids is 3. The molecule has 6 nitrogen and oxygen atoms in total. The van der Waals surface area contributed by atoms with Gasteiger partial charge < -0.3 is 10.2 Å². The van der Waals surface area contributed by atoms with Crippen LogP contribution in [0.3, 0.4) is 0 Å². The van der Waals surface area contributed by atoms with E-state index in [0.29, 0.717) is 22.5 Å². The molecule has 0 aliphatic heterocycles. The predicted molar refractivity (Wildman–Crippen MR) is 94.3 cm³/mol. The lowest BCUT2D eigenvalue weighted by atomic mass is 10.1. The van der Waals surface area contributed by atoms with Crippen molar-refractivity contribution in [2.45, 2.75) is 13.8 Å². The third kappa shape index (κ3) is 4.75. The average Bonchev–Trinajstić information content (AvgIpc) is 2.59. The van der Waals surface area contributed by atoms with Crippen LogP contribution in [-0.2, 0) is 9.59 Å². The molecule has 0 aliphatic rings. The van der Waals surface area contributed by atoms with Crippen LogP contribution in [0.2, 0.25) is 0 Å². The summed E-state index contributed by atoms with van der Waals surface area (Å²) in [5.74, 6) is -0.844. The van der Waals surface area contributed by atoms with Crippen molar-refractivity contribution in [3.05, 3.63) is 59.7 Å². The van der Waals surface area contributed by atoms with Crippen LogP contribution in [0.25, 0.3) is 0 Å². The lowest BCUT2D eigenvalue weighted by Crippen LogP contribution is -2.36. The summed E-state index contributed by atoms with van der Waals surface area (Å²) in [4.78, 5) is 37.0. The van der Waals surface area contributed by atoms with E-state index < -0.39 is 5.91 Å². The molecule has 0 aromatic heterocycles. The van der Waals surface area contributed by atoms with E-state index in [1.807, 2.05) is 6.07 Å². The molecular weight excluding hydrogens is 318 g/mol. The molecule has 2 rings (SSSR count). The summed E-state index contributed by atoms with van der Waals surface area (Å²) in [6.45, 7) is 2.59. The van der Waals surface area contributed by atoms with Gasteiger partial charge in [0.2, 0.25) is 11.8 Å². The van der Waals surface area contributed by atoms with Crippen LogP contribution >= 0.6 is 0 Å². The first kappa shape index (κ1) is 17.9. The van der Waals surface area contributed by atoms with Gasteiger partial charge in [0.15, 0.2) is 5.78 Å². The van der Waals surface area contributed by atoms with Gasteiger partial charge in [0.1, 0.15) is 6.54 Å². The summed E-state index contributed by atoms with van der Waals surface area (Å²) in [6, 6.07) is 15.0. The van der Waals surface area contributed by atoms with Gasteiger partial charge in [-0.1, -0.05) is 18.2 Å². The van der Waals surface area contributed by atoms with E-state index >= 15 is 0 Å². The van der Waals surface area contributed by atoms with Gasteiger partial charge in [-0.05, 0) is 37.3 Å². The Balaban J connectivity index is 2.17. The highest BCUT2D eigenvalue weighted by molar-refractivity contribution is 6.03. The molecule has 0 bridgehead atoms. The Morgan fingerprint density at radius 2 is 1.80 bits per heavy atom. The summed E-state index contributed by atoms with van der Waals surface area (Å²) in [5.41, 5.74) is 1.84. The highest BCUT2D eigenvalue weighted by Gasteiger charge is 2.17. The van der Waals surface area contributed by atoms with Gasteiger partial charge in [0.05, 0.1) is 11.6 Å². The largest absolute Gasteiger partial charge is 0.324 e. The van der Waals surface area contributed by atoms with Crippen molar-refractivity contribution in [3.63, 3.8) is 0 Å². The molecule has 6 heteroatoms. The normalized spacial score (nSPS) is 9.80. The zero-order chi connectivity index (χ0) is 18.4. The lowest BCUT2D eigenvalue weighted by Gasteiger charge is -2.21. The maximum atomic E-state index is 12.3. The van der Waals surface area contributed by atoms with Gasteiger partial charge in [0.25, 0.3) is 0 Å². The van der Waals surface area contributed by atoms with Crippen LogP contribution in [0.5, 0.6) is 0 Å². The van der Waals surface area contributed by atoms with Crippen LogP contribution < -0.4 is 10.2 Å². The van der Waals surface area contributed by atoms with Crippen molar-refractivity contribution < 1.29 is 14.4 Å². The van der Waals surface area contributed by atoms with E-state index in [0.717, 1.165) is 0 Å². The third-order valence-corrected chi connectivity index (χ3v) is 3.52. The number of Topliss-reactive ketones (excluding diaryl/α,β-unsaturated/α-hetero) is 1. The van der Waals surface area contributed by atoms with E-state index in [1.165, 1.54) is 18.7 Å².